The number of imidazole rings is 1. The number of aliphatic hydroxyl groups is 1. The minimum absolute atomic E-state index is 0.0918. The molecule has 2 N–H and O–H groups in total. The zero-order valence-electron chi connectivity index (χ0n) is 11.7. The lowest BCUT2D eigenvalue weighted by Crippen LogP contribution is -2.02. The second kappa shape index (κ2) is 5.44. The molecule has 22 heavy (non-hydrogen) atoms. The van der Waals surface area contributed by atoms with Crippen LogP contribution in [0.1, 0.15) is 21.7 Å². The van der Waals surface area contributed by atoms with Gasteiger partial charge in [-0.3, -0.25) is 4.57 Å². The van der Waals surface area contributed by atoms with Crippen molar-refractivity contribution in [3.05, 3.63) is 58.4 Å². The van der Waals surface area contributed by atoms with Crippen LogP contribution in [-0.4, -0.2) is 25.7 Å². The SMILES string of the molecule is Cc1ccc(-n2c(CO)nc3c(C(=O)O)cccc32)c(Cl)c1. The summed E-state index contributed by atoms with van der Waals surface area (Å²) in [4.78, 5) is 15.6. The molecule has 0 bridgehead atoms. The molecule has 0 saturated heterocycles. The Morgan fingerprint density at radius 2 is 2.09 bits per heavy atom. The van der Waals surface area contributed by atoms with Gasteiger partial charge in [0.05, 0.1) is 21.8 Å². The molecular formula is C16H13ClN2O3. The number of nitrogens with zero attached hydrogens (tertiary/aromatic N) is 2. The fourth-order valence-corrected chi connectivity index (χ4v) is 2.81. The summed E-state index contributed by atoms with van der Waals surface area (Å²) < 4.78 is 1.68. The highest BCUT2D eigenvalue weighted by Crippen LogP contribution is 2.29. The monoisotopic (exact) mass is 316 g/mol. The number of aromatic carboxylic acids is 1. The predicted octanol–water partition coefficient (Wildman–Crippen LogP) is 3.18. The van der Waals surface area contributed by atoms with E-state index in [1.807, 2.05) is 25.1 Å². The van der Waals surface area contributed by atoms with Gasteiger partial charge in [0.1, 0.15) is 17.9 Å². The lowest BCUT2D eigenvalue weighted by molar-refractivity contribution is 0.0699. The summed E-state index contributed by atoms with van der Waals surface area (Å²) >= 11 is 6.31. The molecule has 0 amide bonds. The van der Waals surface area contributed by atoms with Crippen molar-refractivity contribution in [2.24, 2.45) is 0 Å². The van der Waals surface area contributed by atoms with Crippen LogP contribution in [0.5, 0.6) is 0 Å². The van der Waals surface area contributed by atoms with Gasteiger partial charge in [-0.2, -0.15) is 0 Å². The first-order chi connectivity index (χ1) is 10.5. The van der Waals surface area contributed by atoms with Crippen molar-refractivity contribution >= 4 is 28.6 Å². The number of para-hydroxylation sites is 1. The number of carbonyl (C=O) groups is 1. The summed E-state index contributed by atoms with van der Waals surface area (Å²) in [6.45, 7) is 1.61. The third-order valence-electron chi connectivity index (χ3n) is 3.47. The molecule has 112 valence electrons. The van der Waals surface area contributed by atoms with E-state index in [2.05, 4.69) is 4.98 Å². The number of fused-ring (bicyclic) bond motifs is 1. The van der Waals surface area contributed by atoms with E-state index in [0.29, 0.717) is 27.6 Å². The Morgan fingerprint density at radius 1 is 1.32 bits per heavy atom. The van der Waals surface area contributed by atoms with Gasteiger partial charge in [0.15, 0.2) is 0 Å². The number of aromatic nitrogens is 2. The van der Waals surface area contributed by atoms with Gasteiger partial charge < -0.3 is 10.2 Å². The van der Waals surface area contributed by atoms with E-state index in [4.69, 9.17) is 11.6 Å². The largest absolute Gasteiger partial charge is 0.478 e. The van der Waals surface area contributed by atoms with Crippen molar-refractivity contribution in [2.75, 3.05) is 0 Å². The van der Waals surface area contributed by atoms with Crippen LogP contribution in [0.25, 0.3) is 16.7 Å². The molecule has 0 aliphatic carbocycles. The first-order valence-corrected chi connectivity index (χ1v) is 7.01. The smallest absolute Gasteiger partial charge is 0.337 e. The number of aliphatic hydroxyl groups excluding tert-OH is 1. The Kier molecular flexibility index (Phi) is 3.60. The first kappa shape index (κ1) is 14.6. The Labute approximate surface area is 131 Å². The summed E-state index contributed by atoms with van der Waals surface area (Å²) in [5, 5.41) is 19.4. The molecule has 0 aliphatic heterocycles. The average molecular weight is 317 g/mol. The maximum Gasteiger partial charge on any atom is 0.337 e. The molecule has 0 spiro atoms. The summed E-state index contributed by atoms with van der Waals surface area (Å²) in [6, 6.07) is 10.4. The summed E-state index contributed by atoms with van der Waals surface area (Å²) in [5.41, 5.74) is 2.68. The van der Waals surface area contributed by atoms with Crippen molar-refractivity contribution in [1.29, 1.82) is 0 Å². The fourth-order valence-electron chi connectivity index (χ4n) is 2.49. The Bertz CT molecular complexity index is 886. The summed E-state index contributed by atoms with van der Waals surface area (Å²) in [5.74, 6) is -0.718. The molecular weight excluding hydrogens is 304 g/mol. The number of hydrogen-bond donors (Lipinski definition) is 2. The van der Waals surface area contributed by atoms with Gasteiger partial charge >= 0.3 is 5.97 Å². The Balaban J connectivity index is 2.38. The third-order valence-corrected chi connectivity index (χ3v) is 3.77. The van der Waals surface area contributed by atoms with Crippen molar-refractivity contribution in [1.82, 2.24) is 9.55 Å². The zero-order chi connectivity index (χ0) is 15.9. The Hall–Kier alpha value is -2.37. The number of aryl methyl sites for hydroxylation is 1. The molecule has 2 aromatic carbocycles. The van der Waals surface area contributed by atoms with Crippen LogP contribution in [0.3, 0.4) is 0 Å². The molecule has 3 aromatic rings. The minimum Gasteiger partial charge on any atom is -0.478 e. The number of hydrogen-bond acceptors (Lipinski definition) is 3. The van der Waals surface area contributed by atoms with Crippen LogP contribution in [0.15, 0.2) is 36.4 Å². The maximum atomic E-state index is 11.3. The summed E-state index contributed by atoms with van der Waals surface area (Å²) in [7, 11) is 0. The van der Waals surface area contributed by atoms with Crippen molar-refractivity contribution in [3.8, 4) is 5.69 Å². The number of benzene rings is 2. The predicted molar refractivity (Wildman–Crippen MR) is 83.7 cm³/mol. The van der Waals surface area contributed by atoms with E-state index in [0.717, 1.165) is 5.56 Å². The molecule has 0 unspecified atom stereocenters. The van der Waals surface area contributed by atoms with Gasteiger partial charge in [-0.15, -0.1) is 0 Å². The van der Waals surface area contributed by atoms with Crippen LogP contribution in [0.4, 0.5) is 0 Å². The fraction of sp³-hybridized carbons (Fsp3) is 0.125. The quantitative estimate of drug-likeness (QED) is 0.778. The highest BCUT2D eigenvalue weighted by Gasteiger charge is 2.18. The lowest BCUT2D eigenvalue weighted by Gasteiger charge is -2.10. The van der Waals surface area contributed by atoms with Crippen molar-refractivity contribution in [2.45, 2.75) is 13.5 Å². The first-order valence-electron chi connectivity index (χ1n) is 6.64. The van der Waals surface area contributed by atoms with Crippen LogP contribution >= 0.6 is 11.6 Å². The van der Waals surface area contributed by atoms with Gasteiger partial charge in [0.25, 0.3) is 0 Å². The molecule has 0 atom stereocenters. The van der Waals surface area contributed by atoms with Crippen LogP contribution in [-0.2, 0) is 6.61 Å². The second-order valence-corrected chi connectivity index (χ2v) is 5.36. The van der Waals surface area contributed by atoms with E-state index in [-0.39, 0.29) is 12.2 Å². The topological polar surface area (TPSA) is 75.3 Å². The lowest BCUT2D eigenvalue weighted by atomic mass is 10.1. The van der Waals surface area contributed by atoms with E-state index in [9.17, 15) is 15.0 Å². The van der Waals surface area contributed by atoms with Crippen molar-refractivity contribution < 1.29 is 15.0 Å². The highest BCUT2D eigenvalue weighted by molar-refractivity contribution is 6.32. The number of carboxylic acid groups (broad SMARTS) is 1. The molecule has 0 saturated carbocycles. The molecule has 0 aliphatic rings. The van der Waals surface area contributed by atoms with Gasteiger partial charge in [-0.05, 0) is 36.8 Å². The van der Waals surface area contributed by atoms with E-state index in [1.165, 1.54) is 6.07 Å². The third kappa shape index (κ3) is 2.24. The zero-order valence-corrected chi connectivity index (χ0v) is 12.5. The number of halogens is 1. The number of carboxylic acids is 1. The van der Waals surface area contributed by atoms with Gasteiger partial charge in [-0.1, -0.05) is 23.7 Å². The summed E-state index contributed by atoms with van der Waals surface area (Å²) in [6.07, 6.45) is 0. The van der Waals surface area contributed by atoms with Crippen LogP contribution in [0, 0.1) is 6.92 Å². The van der Waals surface area contributed by atoms with Gasteiger partial charge in [0.2, 0.25) is 0 Å². The molecule has 5 nitrogen and oxygen atoms in total. The Morgan fingerprint density at radius 3 is 2.73 bits per heavy atom. The molecule has 6 heteroatoms. The maximum absolute atomic E-state index is 11.3. The average Bonchev–Trinajstić information content (AvgIpc) is 2.85. The van der Waals surface area contributed by atoms with Crippen LogP contribution < -0.4 is 0 Å². The number of rotatable bonds is 3. The molecule has 0 fully saturated rings. The molecule has 0 radical (unpaired) electrons. The van der Waals surface area contributed by atoms with Crippen molar-refractivity contribution in [3.63, 3.8) is 0 Å². The van der Waals surface area contributed by atoms with E-state index >= 15 is 0 Å². The van der Waals surface area contributed by atoms with Gasteiger partial charge in [0, 0.05) is 0 Å². The van der Waals surface area contributed by atoms with Crippen LogP contribution in [0.2, 0.25) is 5.02 Å². The molecule has 3 rings (SSSR count). The van der Waals surface area contributed by atoms with Gasteiger partial charge in [-0.25, -0.2) is 9.78 Å². The second-order valence-electron chi connectivity index (χ2n) is 4.95. The van der Waals surface area contributed by atoms with E-state index < -0.39 is 5.97 Å². The standard InChI is InChI=1S/C16H13ClN2O3/c1-9-5-6-12(11(17)7-9)19-13-4-2-3-10(16(21)22)15(13)18-14(19)8-20/h2-7,20H,8H2,1H3,(H,21,22). The highest BCUT2D eigenvalue weighted by atomic mass is 35.5. The molecule has 1 heterocycles. The normalized spacial score (nSPS) is 11.0. The minimum atomic E-state index is -1.06. The molecule has 1 aromatic heterocycles. The van der Waals surface area contributed by atoms with E-state index in [1.54, 1.807) is 16.7 Å².